The number of anilines is 2. The molecule has 1 saturated heterocycles. The van der Waals surface area contributed by atoms with E-state index in [1.54, 1.807) is 17.2 Å². The molecule has 0 radical (unpaired) electrons. The fourth-order valence-corrected chi connectivity index (χ4v) is 3.00. The van der Waals surface area contributed by atoms with E-state index < -0.39 is 5.60 Å². The Morgan fingerprint density at radius 3 is 2.59 bits per heavy atom. The molecule has 156 valence electrons. The third-order valence-electron chi connectivity index (χ3n) is 4.31. The molecule has 0 unspecified atom stereocenters. The molecule has 1 aliphatic heterocycles. The van der Waals surface area contributed by atoms with Crippen LogP contribution in [0, 0.1) is 6.92 Å². The number of aromatic nitrogens is 3. The van der Waals surface area contributed by atoms with Gasteiger partial charge in [0.1, 0.15) is 29.0 Å². The van der Waals surface area contributed by atoms with Gasteiger partial charge in [-0.25, -0.2) is 19.7 Å². The molecule has 0 atom stereocenters. The maximum atomic E-state index is 12.2. The van der Waals surface area contributed by atoms with E-state index in [1.165, 1.54) is 6.33 Å². The van der Waals surface area contributed by atoms with Crippen molar-refractivity contribution in [2.24, 2.45) is 0 Å². The van der Waals surface area contributed by atoms with Gasteiger partial charge in [0.05, 0.1) is 11.9 Å². The predicted molar refractivity (Wildman–Crippen MR) is 111 cm³/mol. The zero-order chi connectivity index (χ0) is 21.0. The molecule has 2 aromatic heterocycles. The van der Waals surface area contributed by atoms with Crippen molar-refractivity contribution in [2.75, 3.05) is 18.4 Å². The number of hydrogen-bond donors (Lipinski definition) is 1. The van der Waals surface area contributed by atoms with E-state index >= 15 is 0 Å². The minimum Gasteiger partial charge on any atom is -0.474 e. The number of ether oxygens (including phenoxy) is 2. The number of likely N-dealkylation sites (tertiary alicyclic amines) is 1. The van der Waals surface area contributed by atoms with E-state index in [0.717, 1.165) is 11.3 Å². The Labute approximate surface area is 175 Å². The van der Waals surface area contributed by atoms with Gasteiger partial charge in [-0.05, 0) is 39.3 Å². The maximum absolute atomic E-state index is 12.2. The molecule has 3 rings (SSSR count). The fraction of sp³-hybridized carbons (Fsp3) is 0.500. The molecular formula is C20H26ClN5O3. The number of carbonyl (C=O) groups is 1. The summed E-state index contributed by atoms with van der Waals surface area (Å²) in [4.78, 5) is 26.4. The summed E-state index contributed by atoms with van der Waals surface area (Å²) in [6.07, 6.45) is 4.22. The number of pyridine rings is 1. The van der Waals surface area contributed by atoms with Crippen molar-refractivity contribution in [1.82, 2.24) is 19.9 Å². The molecule has 0 saturated carbocycles. The Morgan fingerprint density at radius 1 is 1.21 bits per heavy atom. The zero-order valence-electron chi connectivity index (χ0n) is 17.1. The van der Waals surface area contributed by atoms with Crippen LogP contribution in [0.15, 0.2) is 24.7 Å². The summed E-state index contributed by atoms with van der Waals surface area (Å²) >= 11 is 5.96. The van der Waals surface area contributed by atoms with Crippen molar-refractivity contribution in [3.63, 3.8) is 0 Å². The van der Waals surface area contributed by atoms with Crippen LogP contribution in [0.25, 0.3) is 0 Å². The van der Waals surface area contributed by atoms with Crippen molar-refractivity contribution in [3.05, 3.63) is 35.4 Å². The molecule has 9 heteroatoms. The van der Waals surface area contributed by atoms with E-state index in [2.05, 4.69) is 20.3 Å². The van der Waals surface area contributed by atoms with E-state index in [-0.39, 0.29) is 12.2 Å². The fourth-order valence-electron chi connectivity index (χ4n) is 2.90. The first kappa shape index (κ1) is 21.1. The van der Waals surface area contributed by atoms with Crippen LogP contribution >= 0.6 is 11.6 Å². The Hall–Kier alpha value is -2.61. The van der Waals surface area contributed by atoms with Crippen molar-refractivity contribution < 1.29 is 14.3 Å². The molecule has 0 aliphatic carbocycles. The molecule has 1 N–H and O–H groups in total. The molecule has 0 spiro atoms. The van der Waals surface area contributed by atoms with Crippen LogP contribution in [0.1, 0.15) is 39.2 Å². The molecule has 3 heterocycles. The normalized spacial score (nSPS) is 15.1. The van der Waals surface area contributed by atoms with Gasteiger partial charge < -0.3 is 19.7 Å². The third kappa shape index (κ3) is 6.19. The molecule has 0 bridgehead atoms. The Bertz CT molecular complexity index is 863. The highest BCUT2D eigenvalue weighted by Gasteiger charge is 2.27. The minimum absolute atomic E-state index is 0.0177. The minimum atomic E-state index is -0.493. The standard InChI is InChI=1S/C20H26ClN5O3/c1-13-9-14(11-22-18(13)21)25-16-10-17(24-12-23-16)28-15-5-7-26(8-6-15)19(27)29-20(2,3)4/h9-12,15H,5-8H2,1-4H3,(H,23,24,25). The van der Waals surface area contributed by atoms with Crippen molar-refractivity contribution in [3.8, 4) is 5.88 Å². The molecule has 0 aromatic carbocycles. The lowest BCUT2D eigenvalue weighted by atomic mass is 10.1. The van der Waals surface area contributed by atoms with Crippen molar-refractivity contribution in [1.29, 1.82) is 0 Å². The third-order valence-corrected chi connectivity index (χ3v) is 4.71. The maximum Gasteiger partial charge on any atom is 0.410 e. The van der Waals surface area contributed by atoms with Gasteiger partial charge >= 0.3 is 6.09 Å². The number of amides is 1. The summed E-state index contributed by atoms with van der Waals surface area (Å²) < 4.78 is 11.4. The van der Waals surface area contributed by atoms with Gasteiger partial charge in [-0.3, -0.25) is 0 Å². The van der Waals surface area contributed by atoms with Gasteiger partial charge in [-0.1, -0.05) is 11.6 Å². The number of halogens is 1. The average Bonchev–Trinajstić information content (AvgIpc) is 2.64. The summed E-state index contributed by atoms with van der Waals surface area (Å²) in [5.74, 6) is 1.08. The van der Waals surface area contributed by atoms with Crippen LogP contribution in [-0.4, -0.2) is 50.7 Å². The number of aryl methyl sites for hydroxylation is 1. The van der Waals surface area contributed by atoms with E-state index in [4.69, 9.17) is 21.1 Å². The Kier molecular flexibility index (Phi) is 6.42. The lowest BCUT2D eigenvalue weighted by Crippen LogP contribution is -2.44. The van der Waals surface area contributed by atoms with Gasteiger partial charge in [0.25, 0.3) is 0 Å². The van der Waals surface area contributed by atoms with Gasteiger partial charge in [-0.2, -0.15) is 0 Å². The van der Waals surface area contributed by atoms with Crippen LogP contribution in [0.4, 0.5) is 16.3 Å². The number of carbonyl (C=O) groups excluding carboxylic acids is 1. The largest absolute Gasteiger partial charge is 0.474 e. The summed E-state index contributed by atoms with van der Waals surface area (Å²) in [6, 6.07) is 3.63. The first-order chi connectivity index (χ1) is 13.7. The molecule has 1 amide bonds. The number of nitrogens with one attached hydrogen (secondary N) is 1. The smallest absolute Gasteiger partial charge is 0.410 e. The zero-order valence-corrected chi connectivity index (χ0v) is 17.9. The molecular weight excluding hydrogens is 394 g/mol. The predicted octanol–water partition coefficient (Wildman–Crippen LogP) is 4.36. The molecule has 1 aliphatic rings. The molecule has 29 heavy (non-hydrogen) atoms. The van der Waals surface area contributed by atoms with Crippen molar-refractivity contribution in [2.45, 2.75) is 52.2 Å². The van der Waals surface area contributed by atoms with Gasteiger partial charge in [0.2, 0.25) is 5.88 Å². The van der Waals surface area contributed by atoms with Crippen LogP contribution in [0.5, 0.6) is 5.88 Å². The average molecular weight is 420 g/mol. The second-order valence-corrected chi connectivity index (χ2v) is 8.34. The topological polar surface area (TPSA) is 89.5 Å². The summed E-state index contributed by atoms with van der Waals surface area (Å²) in [6.45, 7) is 8.66. The highest BCUT2D eigenvalue weighted by atomic mass is 35.5. The molecule has 2 aromatic rings. The van der Waals surface area contributed by atoms with E-state index in [0.29, 0.717) is 42.8 Å². The SMILES string of the molecule is Cc1cc(Nc2cc(OC3CCN(C(=O)OC(C)(C)C)CC3)ncn2)cnc1Cl. The van der Waals surface area contributed by atoms with E-state index in [1.807, 2.05) is 33.8 Å². The van der Waals surface area contributed by atoms with Gasteiger partial charge in [0.15, 0.2) is 0 Å². The summed E-state index contributed by atoms with van der Waals surface area (Å²) in [5.41, 5.74) is 1.16. The second-order valence-electron chi connectivity index (χ2n) is 7.98. The summed E-state index contributed by atoms with van der Waals surface area (Å²) in [5, 5.41) is 3.64. The summed E-state index contributed by atoms with van der Waals surface area (Å²) in [7, 11) is 0. The second kappa shape index (κ2) is 8.82. The number of rotatable bonds is 4. The van der Waals surface area contributed by atoms with E-state index in [9.17, 15) is 4.79 Å². The van der Waals surface area contributed by atoms with Gasteiger partial charge in [-0.15, -0.1) is 0 Å². The lowest BCUT2D eigenvalue weighted by Gasteiger charge is -2.33. The molecule has 8 nitrogen and oxygen atoms in total. The van der Waals surface area contributed by atoms with Crippen LogP contribution in [0.2, 0.25) is 5.15 Å². The number of piperidine rings is 1. The Balaban J connectivity index is 1.54. The van der Waals surface area contributed by atoms with Crippen LogP contribution in [0.3, 0.4) is 0 Å². The van der Waals surface area contributed by atoms with Crippen LogP contribution < -0.4 is 10.1 Å². The highest BCUT2D eigenvalue weighted by molar-refractivity contribution is 6.30. The monoisotopic (exact) mass is 419 g/mol. The van der Waals surface area contributed by atoms with Crippen molar-refractivity contribution >= 4 is 29.2 Å². The lowest BCUT2D eigenvalue weighted by molar-refractivity contribution is 0.0123. The first-order valence-corrected chi connectivity index (χ1v) is 9.93. The van der Waals surface area contributed by atoms with Crippen LogP contribution in [-0.2, 0) is 4.74 Å². The first-order valence-electron chi connectivity index (χ1n) is 9.55. The number of nitrogens with zero attached hydrogens (tertiary/aromatic N) is 4. The Morgan fingerprint density at radius 2 is 1.93 bits per heavy atom. The quantitative estimate of drug-likeness (QED) is 0.736. The number of hydrogen-bond acceptors (Lipinski definition) is 7. The van der Waals surface area contributed by atoms with Gasteiger partial charge in [0, 0.05) is 32.0 Å². The highest BCUT2D eigenvalue weighted by Crippen LogP contribution is 2.23. The molecule has 1 fully saturated rings.